The number of alkyl halides is 4. The van der Waals surface area contributed by atoms with Crippen LogP contribution in [0.2, 0.25) is 0 Å². The van der Waals surface area contributed by atoms with E-state index < -0.39 is 35.3 Å². The van der Waals surface area contributed by atoms with Gasteiger partial charge in [0, 0.05) is 5.33 Å². The molecule has 0 aliphatic heterocycles. The second-order valence-corrected chi connectivity index (χ2v) is 4.48. The first-order chi connectivity index (χ1) is 8.29. The molecule has 0 amide bonds. The zero-order chi connectivity index (χ0) is 13.9. The minimum absolute atomic E-state index is 0.0506. The van der Waals surface area contributed by atoms with E-state index in [0.29, 0.717) is 11.4 Å². The fraction of sp³-hybridized carbons (Fsp3) is 0.455. The average Bonchev–Trinajstić information content (AvgIpc) is 2.26. The highest BCUT2D eigenvalue weighted by molar-refractivity contribution is 9.09. The highest BCUT2D eigenvalue weighted by Crippen LogP contribution is 2.37. The lowest BCUT2D eigenvalue weighted by Gasteiger charge is -2.21. The van der Waals surface area contributed by atoms with Crippen molar-refractivity contribution in [3.63, 3.8) is 0 Å². The van der Waals surface area contributed by atoms with Gasteiger partial charge in [-0.25, -0.2) is 4.39 Å². The van der Waals surface area contributed by atoms with Crippen LogP contribution in [0.15, 0.2) is 18.2 Å². The molecule has 0 radical (unpaired) electrons. The Labute approximate surface area is 109 Å². The first kappa shape index (κ1) is 15.4. The molecule has 1 aromatic carbocycles. The molecule has 102 valence electrons. The molecular weight excluding hydrogens is 320 g/mol. The maximum absolute atomic E-state index is 13.2. The molecule has 18 heavy (non-hydrogen) atoms. The van der Waals surface area contributed by atoms with E-state index in [9.17, 15) is 27.8 Å². The molecular formula is C11H11BrF4O2. The summed E-state index contributed by atoms with van der Waals surface area (Å²) in [5, 5.41) is 19.4. The van der Waals surface area contributed by atoms with E-state index in [4.69, 9.17) is 0 Å². The van der Waals surface area contributed by atoms with Crippen molar-refractivity contribution < 1.29 is 27.8 Å². The van der Waals surface area contributed by atoms with E-state index in [-0.39, 0.29) is 6.42 Å². The van der Waals surface area contributed by atoms with Crippen LogP contribution in [0, 0.1) is 5.82 Å². The molecule has 1 aromatic rings. The molecule has 7 heteroatoms. The van der Waals surface area contributed by atoms with Crippen LogP contribution in [-0.4, -0.2) is 21.6 Å². The number of aliphatic hydroxyl groups excluding tert-OH is 2. The highest BCUT2D eigenvalue weighted by Gasteiger charge is 2.39. The van der Waals surface area contributed by atoms with Crippen LogP contribution in [0.5, 0.6) is 0 Å². The number of halogens is 5. The van der Waals surface area contributed by atoms with E-state index >= 15 is 0 Å². The van der Waals surface area contributed by atoms with Crippen LogP contribution in [0.4, 0.5) is 17.6 Å². The lowest BCUT2D eigenvalue weighted by Crippen LogP contribution is -2.23. The van der Waals surface area contributed by atoms with Crippen LogP contribution in [-0.2, 0) is 6.18 Å². The lowest BCUT2D eigenvalue weighted by atomic mass is 9.96. The van der Waals surface area contributed by atoms with Crippen molar-refractivity contribution in [2.75, 3.05) is 5.33 Å². The van der Waals surface area contributed by atoms with E-state index in [1.54, 1.807) is 0 Å². The molecule has 2 atom stereocenters. The summed E-state index contributed by atoms with van der Waals surface area (Å²) in [6, 6.07) is 2.67. The minimum atomic E-state index is -4.92. The van der Waals surface area contributed by atoms with Gasteiger partial charge < -0.3 is 10.2 Å². The Balaban J connectivity index is 3.20. The molecule has 2 N–H and O–H groups in total. The normalized spacial score (nSPS) is 15.5. The zero-order valence-electron chi connectivity index (χ0n) is 9.09. The van der Waals surface area contributed by atoms with Crippen molar-refractivity contribution in [2.24, 2.45) is 0 Å². The second-order valence-electron chi connectivity index (χ2n) is 3.69. The Kier molecular flexibility index (Phi) is 5.12. The molecule has 0 saturated carbocycles. The van der Waals surface area contributed by atoms with Gasteiger partial charge >= 0.3 is 6.18 Å². The maximum atomic E-state index is 13.2. The predicted octanol–water partition coefficient (Wildman–Crippen LogP) is 3.02. The third-order valence-electron chi connectivity index (χ3n) is 2.42. The van der Waals surface area contributed by atoms with Crippen LogP contribution < -0.4 is 0 Å². The highest BCUT2D eigenvalue weighted by atomic mass is 79.9. The molecule has 0 aromatic heterocycles. The molecule has 0 spiro atoms. The van der Waals surface area contributed by atoms with Crippen molar-refractivity contribution in [2.45, 2.75) is 24.8 Å². The van der Waals surface area contributed by atoms with Gasteiger partial charge in [-0.05, 0) is 18.1 Å². The summed E-state index contributed by atoms with van der Waals surface area (Å²) < 4.78 is 51.3. The first-order valence-corrected chi connectivity index (χ1v) is 6.19. The molecule has 1 rings (SSSR count). The zero-order valence-corrected chi connectivity index (χ0v) is 10.7. The number of aliphatic hydroxyl groups is 2. The summed E-state index contributed by atoms with van der Waals surface area (Å²) in [6.07, 6.45) is -8.05. The Morgan fingerprint density at radius 1 is 1.22 bits per heavy atom. The van der Waals surface area contributed by atoms with Crippen LogP contribution in [0.25, 0.3) is 0 Å². The standard InChI is InChI=1S/C11H11BrF4O2/c12-5-4-8(17)10(18)6-2-1-3-7(13)9(6)11(14,15)16/h1-3,8,10,17-18H,4-5H2. The predicted molar refractivity (Wildman–Crippen MR) is 60.8 cm³/mol. The van der Waals surface area contributed by atoms with Crippen molar-refractivity contribution in [1.29, 1.82) is 0 Å². The van der Waals surface area contributed by atoms with Gasteiger partial charge in [0.15, 0.2) is 0 Å². The number of benzene rings is 1. The summed E-state index contributed by atoms with van der Waals surface area (Å²) in [4.78, 5) is 0. The Morgan fingerprint density at radius 3 is 2.33 bits per heavy atom. The fourth-order valence-corrected chi connectivity index (χ4v) is 2.03. The second kappa shape index (κ2) is 5.99. The van der Waals surface area contributed by atoms with Crippen LogP contribution in [0.3, 0.4) is 0 Å². The summed E-state index contributed by atoms with van der Waals surface area (Å²) in [5.41, 5.74) is -2.19. The van der Waals surface area contributed by atoms with Gasteiger partial charge in [0.2, 0.25) is 0 Å². The monoisotopic (exact) mass is 330 g/mol. The van der Waals surface area contributed by atoms with E-state index in [1.165, 1.54) is 0 Å². The van der Waals surface area contributed by atoms with E-state index in [2.05, 4.69) is 15.9 Å². The molecule has 0 aliphatic carbocycles. The molecule has 0 saturated heterocycles. The van der Waals surface area contributed by atoms with E-state index in [1.807, 2.05) is 0 Å². The maximum Gasteiger partial charge on any atom is 0.419 e. The van der Waals surface area contributed by atoms with Crippen molar-refractivity contribution in [3.05, 3.63) is 35.1 Å². The van der Waals surface area contributed by atoms with E-state index in [0.717, 1.165) is 12.1 Å². The number of hydrogen-bond donors (Lipinski definition) is 2. The van der Waals surface area contributed by atoms with Crippen molar-refractivity contribution in [3.8, 4) is 0 Å². The number of hydrogen-bond acceptors (Lipinski definition) is 2. The van der Waals surface area contributed by atoms with Crippen molar-refractivity contribution >= 4 is 15.9 Å². The number of rotatable bonds is 4. The van der Waals surface area contributed by atoms with Crippen LogP contribution >= 0.6 is 15.9 Å². The molecule has 2 nitrogen and oxygen atoms in total. The smallest absolute Gasteiger partial charge is 0.390 e. The van der Waals surface area contributed by atoms with Gasteiger partial charge in [0.05, 0.1) is 11.7 Å². The molecule has 0 heterocycles. The quantitative estimate of drug-likeness (QED) is 0.658. The van der Waals surface area contributed by atoms with Gasteiger partial charge in [0.25, 0.3) is 0 Å². The average molecular weight is 331 g/mol. The van der Waals surface area contributed by atoms with Crippen LogP contribution in [0.1, 0.15) is 23.7 Å². The fourth-order valence-electron chi connectivity index (χ4n) is 1.56. The lowest BCUT2D eigenvalue weighted by molar-refractivity contribution is -0.142. The Hall–Kier alpha value is -0.660. The van der Waals surface area contributed by atoms with Gasteiger partial charge in [-0.3, -0.25) is 0 Å². The minimum Gasteiger partial charge on any atom is -0.390 e. The molecule has 2 unspecified atom stereocenters. The SMILES string of the molecule is OC(CCBr)C(O)c1cccc(F)c1C(F)(F)F. The summed E-state index contributed by atoms with van der Waals surface area (Å²) >= 11 is 3.00. The van der Waals surface area contributed by atoms with Gasteiger partial charge in [-0.15, -0.1) is 0 Å². The third kappa shape index (κ3) is 3.43. The van der Waals surface area contributed by atoms with Gasteiger partial charge in [-0.2, -0.15) is 13.2 Å². The third-order valence-corrected chi connectivity index (χ3v) is 2.88. The van der Waals surface area contributed by atoms with Gasteiger partial charge in [-0.1, -0.05) is 28.1 Å². The summed E-state index contributed by atoms with van der Waals surface area (Å²) in [5.74, 6) is -1.47. The molecule has 0 bridgehead atoms. The van der Waals surface area contributed by atoms with Gasteiger partial charge in [0.1, 0.15) is 11.9 Å². The topological polar surface area (TPSA) is 40.5 Å². The van der Waals surface area contributed by atoms with Crippen molar-refractivity contribution in [1.82, 2.24) is 0 Å². The Bertz CT molecular complexity index is 409. The molecule has 0 aliphatic rings. The summed E-state index contributed by atoms with van der Waals surface area (Å²) in [6.45, 7) is 0. The first-order valence-electron chi connectivity index (χ1n) is 5.06. The Morgan fingerprint density at radius 2 is 1.83 bits per heavy atom. The molecule has 0 fully saturated rings. The summed E-state index contributed by atoms with van der Waals surface area (Å²) in [7, 11) is 0. The largest absolute Gasteiger partial charge is 0.419 e.